The first kappa shape index (κ1) is 30.8. The monoisotopic (exact) mass is 585 g/mol. The Morgan fingerprint density at radius 1 is 0.881 bits per heavy atom. The lowest BCUT2D eigenvalue weighted by Gasteiger charge is -2.63. The Morgan fingerprint density at radius 3 is 2.29 bits per heavy atom. The fourth-order valence-corrected chi connectivity index (χ4v) is 11.8. The largest absolute Gasteiger partial charge is 0.393 e. The third-order valence-electron chi connectivity index (χ3n) is 13.9. The van der Waals surface area contributed by atoms with E-state index in [9.17, 15) is 19.8 Å². The van der Waals surface area contributed by atoms with E-state index >= 15 is 0 Å². The Labute approximate surface area is 254 Å². The van der Waals surface area contributed by atoms with E-state index < -0.39 is 0 Å². The summed E-state index contributed by atoms with van der Waals surface area (Å²) >= 11 is 0. The van der Waals surface area contributed by atoms with Gasteiger partial charge in [-0.1, -0.05) is 27.7 Å². The molecule has 6 fully saturated rings. The van der Waals surface area contributed by atoms with Crippen molar-refractivity contribution in [3.8, 4) is 0 Å². The second-order valence-corrected chi connectivity index (χ2v) is 16.4. The second kappa shape index (κ2) is 11.6. The van der Waals surface area contributed by atoms with Crippen molar-refractivity contribution >= 4 is 11.8 Å². The Kier molecular flexibility index (Phi) is 8.54. The maximum atomic E-state index is 13.6. The molecule has 0 radical (unpaired) electrons. The van der Waals surface area contributed by atoms with Crippen LogP contribution in [0.2, 0.25) is 0 Å². The second-order valence-electron chi connectivity index (χ2n) is 16.4. The van der Waals surface area contributed by atoms with Crippen molar-refractivity contribution in [2.45, 2.75) is 130 Å². The van der Waals surface area contributed by atoms with Crippen LogP contribution in [0.25, 0.3) is 0 Å². The molecule has 0 unspecified atom stereocenters. The number of fused-ring (bicyclic) bond motifs is 5. The maximum Gasteiger partial charge on any atom is 0.245 e. The molecule has 6 rings (SSSR count). The zero-order chi connectivity index (χ0) is 30.0. The van der Waals surface area contributed by atoms with Crippen LogP contribution in [-0.2, 0) is 9.59 Å². The zero-order valence-corrected chi connectivity index (χ0v) is 27.1. The van der Waals surface area contributed by atoms with Gasteiger partial charge in [0.15, 0.2) is 0 Å². The number of carbonyl (C=O) groups excluding carboxylic acids is 2. The smallest absolute Gasteiger partial charge is 0.245 e. The lowest BCUT2D eigenvalue weighted by Crippen LogP contribution is -2.62. The van der Waals surface area contributed by atoms with Gasteiger partial charge < -0.3 is 20.0 Å². The first-order valence-electron chi connectivity index (χ1n) is 17.6. The molecule has 4 aliphatic carbocycles. The molecule has 7 nitrogen and oxygen atoms in total. The van der Waals surface area contributed by atoms with Gasteiger partial charge in [-0.3, -0.25) is 14.5 Å². The number of rotatable bonds is 5. The van der Waals surface area contributed by atoms with Gasteiger partial charge in [0.2, 0.25) is 11.8 Å². The molecule has 0 aromatic rings. The molecule has 238 valence electrons. The lowest BCUT2D eigenvalue weighted by molar-refractivity contribution is -0.157. The molecule has 7 heteroatoms. The van der Waals surface area contributed by atoms with Crippen molar-refractivity contribution in [3.63, 3.8) is 0 Å². The van der Waals surface area contributed by atoms with E-state index in [1.54, 1.807) is 0 Å². The van der Waals surface area contributed by atoms with Gasteiger partial charge in [-0.15, -0.1) is 0 Å². The molecule has 0 spiro atoms. The van der Waals surface area contributed by atoms with Crippen LogP contribution in [0.15, 0.2) is 0 Å². The van der Waals surface area contributed by atoms with Crippen molar-refractivity contribution in [2.24, 2.45) is 46.3 Å². The third kappa shape index (κ3) is 5.15. The molecule has 0 aromatic heterocycles. The Bertz CT molecular complexity index is 1010. The minimum atomic E-state index is -0.291. The van der Waals surface area contributed by atoms with E-state index in [0.717, 1.165) is 56.5 Å². The van der Waals surface area contributed by atoms with E-state index in [2.05, 4.69) is 32.6 Å². The van der Waals surface area contributed by atoms with Crippen LogP contribution in [0.3, 0.4) is 0 Å². The molecule has 0 bridgehead atoms. The quantitative estimate of drug-likeness (QED) is 0.495. The molecule has 2 heterocycles. The van der Waals surface area contributed by atoms with Gasteiger partial charge in [-0.2, -0.15) is 0 Å². The topological polar surface area (TPSA) is 84.3 Å². The van der Waals surface area contributed by atoms with Crippen molar-refractivity contribution in [2.75, 3.05) is 32.7 Å². The molecule has 2 saturated heterocycles. The highest BCUT2D eigenvalue weighted by molar-refractivity contribution is 5.88. The lowest BCUT2D eigenvalue weighted by atomic mass is 9.44. The molecule has 42 heavy (non-hydrogen) atoms. The fourth-order valence-electron chi connectivity index (χ4n) is 11.8. The number of likely N-dealkylation sites (tertiary alicyclic amines) is 1. The Morgan fingerprint density at radius 2 is 1.60 bits per heavy atom. The van der Waals surface area contributed by atoms with Gasteiger partial charge >= 0.3 is 0 Å². The standard InChI is InChI=1S/C35H59N3O4/c1-22(2)19-32(41)38-14-6-7-29(38)33(42)37-17-15-36(16-18-37)30-21-35(5)24(20-31(30)40)8-9-25-27-11-10-26(23(3)39)34(27,4)13-12-28(25)35/h22-31,39-40H,6-21H2,1-5H3/t23-,24+,25+,26-,27+,28+,29+,30+,31+,34-,35+/m1/s1. The molecule has 0 aromatic carbocycles. The molecular weight excluding hydrogens is 526 g/mol. The average molecular weight is 586 g/mol. The van der Waals surface area contributed by atoms with Crippen LogP contribution in [0, 0.1) is 46.3 Å². The van der Waals surface area contributed by atoms with Crippen LogP contribution >= 0.6 is 0 Å². The fraction of sp³-hybridized carbons (Fsp3) is 0.943. The number of hydrogen-bond donors (Lipinski definition) is 2. The van der Waals surface area contributed by atoms with Gasteiger partial charge in [-0.05, 0) is 117 Å². The SMILES string of the molecule is CC(C)CC(=O)N1CCC[C@H]1C(=O)N1CCN([C@H]2C[C@@]3(C)[C@@H](CC[C@@H]4[C@@H]3CC[C@]3(C)[C@@H]([C@@H](C)O)CC[C@@H]43)C[C@@H]2O)CC1. The average Bonchev–Trinajstić information content (AvgIpc) is 3.57. The number of hydrogen-bond acceptors (Lipinski definition) is 5. The highest BCUT2D eigenvalue weighted by Gasteiger charge is 2.62. The minimum absolute atomic E-state index is 0.125. The van der Waals surface area contributed by atoms with Crippen molar-refractivity contribution in [3.05, 3.63) is 0 Å². The summed E-state index contributed by atoms with van der Waals surface area (Å²) in [5.41, 5.74) is 0.536. The highest BCUT2D eigenvalue weighted by atomic mass is 16.3. The van der Waals surface area contributed by atoms with Crippen LogP contribution in [0.5, 0.6) is 0 Å². The van der Waals surface area contributed by atoms with Gasteiger partial charge in [0.25, 0.3) is 0 Å². The van der Waals surface area contributed by atoms with E-state index in [0.29, 0.717) is 43.8 Å². The summed E-state index contributed by atoms with van der Waals surface area (Å²) < 4.78 is 0. The van der Waals surface area contributed by atoms with E-state index in [1.807, 2.05) is 16.7 Å². The van der Waals surface area contributed by atoms with Crippen molar-refractivity contribution < 1.29 is 19.8 Å². The maximum absolute atomic E-state index is 13.6. The Balaban J connectivity index is 1.10. The number of nitrogens with zero attached hydrogens (tertiary/aromatic N) is 3. The van der Waals surface area contributed by atoms with Gasteiger partial charge in [-0.25, -0.2) is 0 Å². The summed E-state index contributed by atoms with van der Waals surface area (Å²) in [5, 5.41) is 22.1. The molecule has 2 aliphatic heterocycles. The number of piperazine rings is 1. The molecule has 6 aliphatic rings. The molecule has 11 atom stereocenters. The summed E-state index contributed by atoms with van der Waals surface area (Å²) in [7, 11) is 0. The number of amides is 2. The first-order valence-corrected chi connectivity index (χ1v) is 17.6. The van der Waals surface area contributed by atoms with Gasteiger partial charge in [0, 0.05) is 45.2 Å². The van der Waals surface area contributed by atoms with Crippen molar-refractivity contribution in [1.29, 1.82) is 0 Å². The minimum Gasteiger partial charge on any atom is -0.393 e. The molecule has 4 saturated carbocycles. The summed E-state index contributed by atoms with van der Waals surface area (Å²) in [4.78, 5) is 32.8. The Hall–Kier alpha value is -1.18. The van der Waals surface area contributed by atoms with Crippen LogP contribution in [0.1, 0.15) is 105 Å². The number of aliphatic hydroxyl groups is 2. The molecule has 2 N–H and O–H groups in total. The van der Waals surface area contributed by atoms with E-state index in [-0.39, 0.29) is 46.9 Å². The van der Waals surface area contributed by atoms with E-state index in [4.69, 9.17) is 0 Å². The van der Waals surface area contributed by atoms with Crippen LogP contribution < -0.4 is 0 Å². The summed E-state index contributed by atoms with van der Waals surface area (Å²) in [6.45, 7) is 14.9. The summed E-state index contributed by atoms with van der Waals surface area (Å²) in [6.07, 6.45) is 11.2. The summed E-state index contributed by atoms with van der Waals surface area (Å²) in [5.74, 6) is 3.81. The summed E-state index contributed by atoms with van der Waals surface area (Å²) in [6, 6.07) is -0.122. The van der Waals surface area contributed by atoms with E-state index in [1.165, 1.54) is 38.5 Å². The molecule has 2 amide bonds. The highest BCUT2D eigenvalue weighted by Crippen LogP contribution is 2.68. The van der Waals surface area contributed by atoms with Gasteiger partial charge in [0.1, 0.15) is 6.04 Å². The van der Waals surface area contributed by atoms with Crippen molar-refractivity contribution in [1.82, 2.24) is 14.7 Å². The van der Waals surface area contributed by atoms with Gasteiger partial charge in [0.05, 0.1) is 12.2 Å². The first-order chi connectivity index (χ1) is 19.9. The predicted molar refractivity (Wildman–Crippen MR) is 164 cm³/mol. The van der Waals surface area contributed by atoms with Crippen LogP contribution in [0.4, 0.5) is 0 Å². The van der Waals surface area contributed by atoms with Crippen LogP contribution in [-0.4, -0.2) is 93.7 Å². The normalized spacial score (nSPS) is 45.0. The predicted octanol–water partition coefficient (Wildman–Crippen LogP) is 4.55. The molecular formula is C35H59N3O4. The number of aliphatic hydroxyl groups excluding tert-OH is 2. The number of carbonyl (C=O) groups is 2. The third-order valence-corrected chi connectivity index (χ3v) is 13.9. The zero-order valence-electron chi connectivity index (χ0n) is 27.1.